The summed E-state index contributed by atoms with van der Waals surface area (Å²) >= 11 is 5.90. The maximum Gasteiger partial charge on any atom is 0.231 e. The van der Waals surface area contributed by atoms with Crippen LogP contribution in [0.15, 0.2) is 79.0 Å². The van der Waals surface area contributed by atoms with Crippen molar-refractivity contribution in [1.29, 1.82) is 0 Å². The number of aryl methyl sites for hydroxylation is 1. The van der Waals surface area contributed by atoms with Gasteiger partial charge in [0.15, 0.2) is 16.6 Å². The van der Waals surface area contributed by atoms with E-state index in [1.165, 1.54) is 22.5 Å². The molecule has 2 aliphatic heterocycles. The summed E-state index contributed by atoms with van der Waals surface area (Å²) in [5, 5.41) is 4.22. The number of thiocarbonyl (C=S) groups is 1. The molecule has 4 aromatic rings. The highest BCUT2D eigenvalue weighted by Crippen LogP contribution is 2.45. The number of ether oxygens (including phenoxy) is 2. The Bertz CT molecular complexity index is 1390. The van der Waals surface area contributed by atoms with Crippen molar-refractivity contribution < 1.29 is 9.47 Å². The van der Waals surface area contributed by atoms with Crippen LogP contribution in [0.3, 0.4) is 0 Å². The van der Waals surface area contributed by atoms with Gasteiger partial charge >= 0.3 is 0 Å². The van der Waals surface area contributed by atoms with Crippen molar-refractivity contribution in [3.63, 3.8) is 0 Å². The summed E-state index contributed by atoms with van der Waals surface area (Å²) in [6.45, 7) is 5.42. The van der Waals surface area contributed by atoms with Crippen LogP contribution in [-0.2, 0) is 6.54 Å². The standard InChI is InChI=1S/C28H26N4O2S/c1-18-14-22(19(2)31(18)16-20-8-4-3-5-9-20)27-26(23-10-6-7-13-29-23)30-28(35)32(27)21-11-12-24-25(15-21)34-17-33-24/h3-15,26-27H,16-17H2,1-2H3,(H,30,35)/t26-,27+/m1/s1. The average Bonchev–Trinajstić information content (AvgIpc) is 3.56. The first-order valence-corrected chi connectivity index (χ1v) is 12.1. The van der Waals surface area contributed by atoms with Crippen molar-refractivity contribution in [1.82, 2.24) is 14.9 Å². The Labute approximate surface area is 210 Å². The molecule has 2 aromatic carbocycles. The van der Waals surface area contributed by atoms with Crippen LogP contribution in [0.5, 0.6) is 11.5 Å². The summed E-state index contributed by atoms with van der Waals surface area (Å²) in [5.41, 5.74) is 6.84. The lowest BCUT2D eigenvalue weighted by atomic mass is 9.96. The molecule has 0 spiro atoms. The molecule has 4 heterocycles. The van der Waals surface area contributed by atoms with Crippen molar-refractivity contribution in [3.8, 4) is 11.5 Å². The molecule has 0 aliphatic carbocycles. The van der Waals surface area contributed by atoms with Crippen LogP contribution in [0.1, 0.15) is 40.3 Å². The fraction of sp³-hybridized carbons (Fsp3) is 0.214. The van der Waals surface area contributed by atoms with E-state index < -0.39 is 0 Å². The number of pyridine rings is 1. The van der Waals surface area contributed by atoms with E-state index in [0.717, 1.165) is 29.4 Å². The molecule has 1 fully saturated rings. The molecule has 0 unspecified atom stereocenters. The summed E-state index contributed by atoms with van der Waals surface area (Å²) in [6.07, 6.45) is 1.83. The third-order valence-corrected chi connectivity index (χ3v) is 7.16. The number of fused-ring (bicyclic) bond motifs is 1. The molecule has 0 radical (unpaired) electrons. The molecule has 2 aromatic heterocycles. The van der Waals surface area contributed by atoms with E-state index in [0.29, 0.717) is 5.11 Å². The van der Waals surface area contributed by atoms with Crippen molar-refractivity contribution >= 4 is 23.0 Å². The number of hydrogen-bond donors (Lipinski definition) is 1. The molecule has 1 saturated heterocycles. The van der Waals surface area contributed by atoms with Crippen LogP contribution in [0.2, 0.25) is 0 Å². The smallest absolute Gasteiger partial charge is 0.231 e. The molecule has 6 nitrogen and oxygen atoms in total. The predicted octanol–water partition coefficient (Wildman–Crippen LogP) is 5.45. The van der Waals surface area contributed by atoms with E-state index in [9.17, 15) is 0 Å². The Morgan fingerprint density at radius 2 is 1.77 bits per heavy atom. The number of benzene rings is 2. The van der Waals surface area contributed by atoms with E-state index >= 15 is 0 Å². The van der Waals surface area contributed by atoms with Crippen molar-refractivity contribution in [3.05, 3.63) is 107 Å². The van der Waals surface area contributed by atoms with Crippen molar-refractivity contribution in [2.75, 3.05) is 11.7 Å². The fourth-order valence-corrected chi connectivity index (χ4v) is 5.47. The number of anilines is 1. The van der Waals surface area contributed by atoms with Gasteiger partial charge in [-0.25, -0.2) is 0 Å². The molecule has 1 N–H and O–H groups in total. The SMILES string of the molecule is Cc1cc([C@H]2[C@@H](c3ccccn3)NC(=S)N2c2ccc3c(c2)OCO3)c(C)n1Cc1ccccc1. The Balaban J connectivity index is 1.46. The summed E-state index contributed by atoms with van der Waals surface area (Å²) in [7, 11) is 0. The topological polar surface area (TPSA) is 51.6 Å². The summed E-state index contributed by atoms with van der Waals surface area (Å²) in [5.74, 6) is 1.49. The lowest BCUT2D eigenvalue weighted by Gasteiger charge is -2.28. The first kappa shape index (κ1) is 21.7. The zero-order valence-electron chi connectivity index (χ0n) is 19.6. The molecule has 0 amide bonds. The Morgan fingerprint density at radius 1 is 0.971 bits per heavy atom. The monoisotopic (exact) mass is 482 g/mol. The summed E-state index contributed by atoms with van der Waals surface area (Å²) < 4.78 is 13.6. The highest BCUT2D eigenvalue weighted by molar-refractivity contribution is 7.80. The normalized spacial score (nSPS) is 18.7. The van der Waals surface area contributed by atoms with Crippen LogP contribution in [0.25, 0.3) is 0 Å². The van der Waals surface area contributed by atoms with Gasteiger partial charge in [-0.05, 0) is 67.5 Å². The molecule has 35 heavy (non-hydrogen) atoms. The number of aromatic nitrogens is 2. The van der Waals surface area contributed by atoms with Gasteiger partial charge in [0.2, 0.25) is 6.79 Å². The highest BCUT2D eigenvalue weighted by Gasteiger charge is 2.42. The first-order chi connectivity index (χ1) is 17.1. The quantitative estimate of drug-likeness (QED) is 0.382. The minimum atomic E-state index is -0.0974. The minimum absolute atomic E-state index is 0.0755. The third kappa shape index (κ3) is 3.82. The zero-order valence-corrected chi connectivity index (χ0v) is 20.5. The summed E-state index contributed by atoms with van der Waals surface area (Å²) in [4.78, 5) is 6.87. The van der Waals surface area contributed by atoms with Crippen LogP contribution in [0, 0.1) is 13.8 Å². The van der Waals surface area contributed by atoms with Crippen LogP contribution >= 0.6 is 12.2 Å². The molecule has 2 aliphatic rings. The van der Waals surface area contributed by atoms with Crippen LogP contribution < -0.4 is 19.7 Å². The maximum absolute atomic E-state index is 5.90. The molecular formula is C28H26N4O2S. The number of nitrogens with one attached hydrogen (secondary N) is 1. The van der Waals surface area contributed by atoms with E-state index in [1.807, 2.05) is 36.5 Å². The Kier molecular flexibility index (Phi) is 5.41. The van der Waals surface area contributed by atoms with Crippen LogP contribution in [0.4, 0.5) is 5.69 Å². The lowest BCUT2D eigenvalue weighted by Crippen LogP contribution is -2.29. The molecule has 0 bridgehead atoms. The Morgan fingerprint density at radius 3 is 2.57 bits per heavy atom. The van der Waals surface area contributed by atoms with E-state index in [1.54, 1.807) is 0 Å². The van der Waals surface area contributed by atoms with Gasteiger partial charge in [0.25, 0.3) is 0 Å². The van der Waals surface area contributed by atoms with E-state index in [4.69, 9.17) is 21.7 Å². The van der Waals surface area contributed by atoms with Crippen LogP contribution in [-0.4, -0.2) is 21.5 Å². The molecule has 2 atom stereocenters. The minimum Gasteiger partial charge on any atom is -0.454 e. The average molecular weight is 483 g/mol. The van der Waals surface area contributed by atoms with Gasteiger partial charge in [-0.3, -0.25) is 4.98 Å². The first-order valence-electron chi connectivity index (χ1n) is 11.7. The molecular weight excluding hydrogens is 456 g/mol. The molecule has 6 rings (SSSR count). The van der Waals surface area contributed by atoms with Gasteiger partial charge in [0.1, 0.15) is 0 Å². The summed E-state index contributed by atoms with van der Waals surface area (Å²) in [6, 6.07) is 24.7. The lowest BCUT2D eigenvalue weighted by molar-refractivity contribution is 0.174. The van der Waals surface area contributed by atoms with Gasteiger partial charge in [0, 0.05) is 35.9 Å². The predicted molar refractivity (Wildman–Crippen MR) is 140 cm³/mol. The highest BCUT2D eigenvalue weighted by atomic mass is 32.1. The van der Waals surface area contributed by atoms with Crippen molar-refractivity contribution in [2.45, 2.75) is 32.5 Å². The van der Waals surface area contributed by atoms with E-state index in [2.05, 4.69) is 76.1 Å². The fourth-order valence-electron chi connectivity index (χ4n) is 5.12. The second-order valence-electron chi connectivity index (χ2n) is 8.93. The van der Waals surface area contributed by atoms with Gasteiger partial charge in [-0.15, -0.1) is 0 Å². The maximum atomic E-state index is 5.90. The number of rotatable bonds is 5. The number of nitrogens with zero attached hydrogens (tertiary/aromatic N) is 3. The molecule has 0 saturated carbocycles. The number of hydrogen-bond acceptors (Lipinski definition) is 4. The van der Waals surface area contributed by atoms with Gasteiger partial charge < -0.3 is 24.3 Å². The van der Waals surface area contributed by atoms with Crippen molar-refractivity contribution in [2.24, 2.45) is 0 Å². The third-order valence-electron chi connectivity index (χ3n) is 6.85. The largest absolute Gasteiger partial charge is 0.454 e. The molecule has 7 heteroatoms. The molecule has 176 valence electrons. The Hall–Kier alpha value is -3.84. The van der Waals surface area contributed by atoms with Gasteiger partial charge in [-0.2, -0.15) is 0 Å². The van der Waals surface area contributed by atoms with Gasteiger partial charge in [-0.1, -0.05) is 36.4 Å². The van der Waals surface area contributed by atoms with Gasteiger partial charge in [0.05, 0.1) is 17.8 Å². The van der Waals surface area contributed by atoms with E-state index in [-0.39, 0.29) is 18.9 Å². The second-order valence-corrected chi connectivity index (χ2v) is 9.32. The second kappa shape index (κ2) is 8.74. The zero-order chi connectivity index (χ0) is 23.9.